The molecule has 0 aliphatic rings. The topological polar surface area (TPSA) is 77.2 Å². The van der Waals surface area contributed by atoms with E-state index in [1.54, 1.807) is 18.2 Å². The van der Waals surface area contributed by atoms with Crippen LogP contribution in [0.1, 0.15) is 32.7 Å². The molecule has 0 aliphatic heterocycles. The maximum Gasteiger partial charge on any atom is 0.229 e. The molecule has 0 saturated carbocycles. The van der Waals surface area contributed by atoms with E-state index >= 15 is 0 Å². The quantitative estimate of drug-likeness (QED) is 0.590. The Morgan fingerprint density at radius 2 is 1.81 bits per heavy atom. The normalized spacial score (nSPS) is 8.75. The van der Waals surface area contributed by atoms with Crippen LogP contribution in [-0.2, 0) is 4.79 Å². The lowest BCUT2D eigenvalue weighted by atomic mass is 10.0. The highest BCUT2D eigenvalue weighted by atomic mass is 16.1. The molecule has 16 heavy (non-hydrogen) atoms. The predicted molar refractivity (Wildman–Crippen MR) is 57.9 cm³/mol. The third-order valence-corrected chi connectivity index (χ3v) is 1.86. The summed E-state index contributed by atoms with van der Waals surface area (Å²) < 4.78 is 0. The second-order valence-electron chi connectivity index (χ2n) is 2.99. The molecule has 4 nitrogen and oxygen atoms in total. The number of amides is 1. The molecule has 0 aliphatic carbocycles. The molecule has 2 N–H and O–H groups in total. The molecule has 0 aromatic heterocycles. The molecule has 1 aromatic carbocycles. The molecule has 0 saturated heterocycles. The molecule has 1 amide bonds. The van der Waals surface area contributed by atoms with Crippen LogP contribution in [0.5, 0.6) is 0 Å². The van der Waals surface area contributed by atoms with Crippen molar-refractivity contribution < 1.29 is 14.4 Å². The Morgan fingerprint density at radius 3 is 2.25 bits per heavy atom. The van der Waals surface area contributed by atoms with Gasteiger partial charge in [-0.05, 0) is 0 Å². The molecule has 80 valence electrons. The Balaban J connectivity index is 3.16. The highest BCUT2D eigenvalue weighted by Gasteiger charge is 2.04. The fraction of sp³-hybridized carbons (Fsp3) is 0.0833. The van der Waals surface area contributed by atoms with Crippen LogP contribution in [-0.4, -0.2) is 18.5 Å². The maximum absolute atomic E-state index is 10.7. The number of benzene rings is 1. The second kappa shape index (κ2) is 5.47. The fourth-order valence-electron chi connectivity index (χ4n) is 1.15. The average Bonchev–Trinajstić information content (AvgIpc) is 2.28. The van der Waals surface area contributed by atoms with Gasteiger partial charge in [0.05, 0.1) is 6.42 Å². The first-order chi connectivity index (χ1) is 7.69. The highest BCUT2D eigenvalue weighted by molar-refractivity contribution is 5.88. The first kappa shape index (κ1) is 11.7. The summed E-state index contributed by atoms with van der Waals surface area (Å²) in [6.07, 6.45) is 1.12. The van der Waals surface area contributed by atoms with Crippen molar-refractivity contribution in [2.45, 2.75) is 6.42 Å². The zero-order chi connectivity index (χ0) is 12.0. The van der Waals surface area contributed by atoms with E-state index in [0.29, 0.717) is 29.3 Å². The van der Waals surface area contributed by atoms with Crippen LogP contribution >= 0.6 is 0 Å². The van der Waals surface area contributed by atoms with Crippen molar-refractivity contribution in [3.8, 4) is 11.8 Å². The van der Waals surface area contributed by atoms with Gasteiger partial charge in [-0.1, -0.05) is 30.0 Å². The Hall–Kier alpha value is -2.41. The van der Waals surface area contributed by atoms with Crippen molar-refractivity contribution in [2.75, 3.05) is 0 Å². The minimum atomic E-state index is -0.552. The summed E-state index contributed by atoms with van der Waals surface area (Å²) in [7, 11) is 0. The number of aldehydes is 2. The molecule has 4 heteroatoms. The van der Waals surface area contributed by atoms with Gasteiger partial charge in [0.2, 0.25) is 5.91 Å². The Bertz CT molecular complexity index is 468. The maximum atomic E-state index is 10.7. The van der Waals surface area contributed by atoms with Crippen LogP contribution < -0.4 is 5.73 Å². The summed E-state index contributed by atoms with van der Waals surface area (Å²) in [5.41, 5.74) is 5.89. The SMILES string of the molecule is NC(=O)CC#Cc1c(C=O)cccc1C=O. The first-order valence-corrected chi connectivity index (χ1v) is 4.49. The van der Waals surface area contributed by atoms with Gasteiger partial charge in [0.25, 0.3) is 0 Å². The van der Waals surface area contributed by atoms with Crippen LogP contribution in [0.2, 0.25) is 0 Å². The van der Waals surface area contributed by atoms with Gasteiger partial charge in [0, 0.05) is 16.7 Å². The van der Waals surface area contributed by atoms with Crippen LogP contribution in [0.25, 0.3) is 0 Å². The van der Waals surface area contributed by atoms with Crippen LogP contribution in [0.4, 0.5) is 0 Å². The number of rotatable bonds is 3. The highest BCUT2D eigenvalue weighted by Crippen LogP contribution is 2.10. The molecule has 0 heterocycles. The number of carbonyl (C=O) groups is 3. The van der Waals surface area contributed by atoms with Gasteiger partial charge in [-0.3, -0.25) is 14.4 Å². The van der Waals surface area contributed by atoms with E-state index < -0.39 is 5.91 Å². The van der Waals surface area contributed by atoms with Crippen molar-refractivity contribution in [3.05, 3.63) is 34.9 Å². The van der Waals surface area contributed by atoms with Crippen LogP contribution in [0, 0.1) is 11.8 Å². The summed E-state index contributed by atoms with van der Waals surface area (Å²) in [5.74, 6) is 4.56. The third-order valence-electron chi connectivity index (χ3n) is 1.86. The van der Waals surface area contributed by atoms with Crippen molar-refractivity contribution in [3.63, 3.8) is 0 Å². The van der Waals surface area contributed by atoms with Crippen LogP contribution in [0.3, 0.4) is 0 Å². The van der Waals surface area contributed by atoms with E-state index in [9.17, 15) is 14.4 Å². The van der Waals surface area contributed by atoms with Gasteiger partial charge < -0.3 is 5.73 Å². The van der Waals surface area contributed by atoms with E-state index in [0.717, 1.165) is 0 Å². The number of hydrogen-bond acceptors (Lipinski definition) is 3. The molecule has 1 aromatic rings. The van der Waals surface area contributed by atoms with Gasteiger partial charge in [0.1, 0.15) is 0 Å². The zero-order valence-corrected chi connectivity index (χ0v) is 8.40. The zero-order valence-electron chi connectivity index (χ0n) is 8.40. The summed E-state index contributed by atoms with van der Waals surface area (Å²) in [6.45, 7) is 0. The lowest BCUT2D eigenvalue weighted by molar-refractivity contribution is -0.117. The van der Waals surface area contributed by atoms with E-state index in [4.69, 9.17) is 5.73 Å². The third kappa shape index (κ3) is 2.79. The largest absolute Gasteiger partial charge is 0.369 e. The van der Waals surface area contributed by atoms with Gasteiger partial charge in [-0.25, -0.2) is 0 Å². The Morgan fingerprint density at radius 1 is 1.25 bits per heavy atom. The Labute approximate surface area is 92.4 Å². The molecule has 0 spiro atoms. The average molecular weight is 215 g/mol. The molecular formula is C12H9NO3. The number of hydrogen-bond donors (Lipinski definition) is 1. The lowest BCUT2D eigenvalue weighted by Crippen LogP contribution is -2.08. The monoisotopic (exact) mass is 215 g/mol. The minimum absolute atomic E-state index is 0.106. The smallest absolute Gasteiger partial charge is 0.229 e. The molecule has 0 atom stereocenters. The standard InChI is InChI=1S/C12H9NO3/c13-12(16)6-2-5-11-9(7-14)3-1-4-10(11)8-15/h1,3-4,7-8H,6H2,(H2,13,16). The van der Waals surface area contributed by atoms with E-state index in [-0.39, 0.29) is 6.42 Å². The molecule has 0 unspecified atom stereocenters. The van der Waals surface area contributed by atoms with Crippen molar-refractivity contribution in [1.29, 1.82) is 0 Å². The predicted octanol–water partition coefficient (Wildman–Crippen LogP) is 0.539. The van der Waals surface area contributed by atoms with Crippen LogP contribution in [0.15, 0.2) is 18.2 Å². The van der Waals surface area contributed by atoms with E-state index in [1.807, 2.05) is 0 Å². The number of nitrogens with two attached hydrogens (primary N) is 1. The van der Waals surface area contributed by atoms with Gasteiger partial charge in [0.15, 0.2) is 12.6 Å². The summed E-state index contributed by atoms with van der Waals surface area (Å²) in [4.78, 5) is 31.9. The van der Waals surface area contributed by atoms with E-state index in [2.05, 4.69) is 11.8 Å². The van der Waals surface area contributed by atoms with Gasteiger partial charge in [-0.15, -0.1) is 0 Å². The van der Waals surface area contributed by atoms with Gasteiger partial charge in [-0.2, -0.15) is 0 Å². The molecule has 0 radical (unpaired) electrons. The second-order valence-corrected chi connectivity index (χ2v) is 2.99. The van der Waals surface area contributed by atoms with Crippen molar-refractivity contribution in [2.24, 2.45) is 5.73 Å². The van der Waals surface area contributed by atoms with E-state index in [1.165, 1.54) is 0 Å². The molecule has 1 rings (SSSR count). The Kier molecular flexibility index (Phi) is 3.98. The summed E-state index contributed by atoms with van der Waals surface area (Å²) in [6, 6.07) is 4.69. The van der Waals surface area contributed by atoms with Crippen molar-refractivity contribution in [1.82, 2.24) is 0 Å². The minimum Gasteiger partial charge on any atom is -0.369 e. The fourth-order valence-corrected chi connectivity index (χ4v) is 1.15. The molecule has 0 fully saturated rings. The van der Waals surface area contributed by atoms with Crippen molar-refractivity contribution >= 4 is 18.5 Å². The molecular weight excluding hydrogens is 206 g/mol. The summed E-state index contributed by atoms with van der Waals surface area (Å²) in [5, 5.41) is 0. The molecule has 0 bridgehead atoms. The van der Waals surface area contributed by atoms with Gasteiger partial charge >= 0.3 is 0 Å². The lowest BCUT2D eigenvalue weighted by Gasteiger charge is -1.99. The number of carbonyl (C=O) groups excluding carboxylic acids is 3. The number of primary amides is 1. The summed E-state index contributed by atoms with van der Waals surface area (Å²) >= 11 is 0. The first-order valence-electron chi connectivity index (χ1n) is 4.49.